The van der Waals surface area contributed by atoms with Gasteiger partial charge in [-0.1, -0.05) is 59.1 Å². The summed E-state index contributed by atoms with van der Waals surface area (Å²) in [6.45, 7) is 8.12. The van der Waals surface area contributed by atoms with Crippen LogP contribution >= 0.6 is 39.3 Å². The van der Waals surface area contributed by atoms with Gasteiger partial charge in [0.25, 0.3) is 0 Å². The van der Waals surface area contributed by atoms with Gasteiger partial charge in [0.1, 0.15) is 11.6 Å². The normalized spacial score (nSPS) is 18.4. The van der Waals surface area contributed by atoms with Gasteiger partial charge in [0.15, 0.2) is 5.78 Å². The van der Waals surface area contributed by atoms with Gasteiger partial charge in [-0.3, -0.25) is 9.69 Å². The molecule has 3 aromatic rings. The summed E-state index contributed by atoms with van der Waals surface area (Å²) in [5, 5.41) is 11.2. The zero-order valence-electron chi connectivity index (χ0n) is 23.3. The first-order valence-electron chi connectivity index (χ1n) is 13.3. The molecule has 0 bridgehead atoms. The summed E-state index contributed by atoms with van der Waals surface area (Å²) < 4.78 is 16.0. The highest BCUT2D eigenvalue weighted by Gasteiger charge is 2.45. The Kier molecular flexibility index (Phi) is 8.13. The molecule has 8 heteroatoms. The maximum Gasteiger partial charge on any atom is 0.162 e. The highest BCUT2D eigenvalue weighted by molar-refractivity contribution is 9.10. The van der Waals surface area contributed by atoms with E-state index in [0.717, 1.165) is 27.1 Å². The fourth-order valence-corrected chi connectivity index (χ4v) is 7.27. The summed E-state index contributed by atoms with van der Waals surface area (Å²) in [7, 11) is 0. The van der Waals surface area contributed by atoms with Crippen LogP contribution in [0.5, 0.6) is 0 Å². The highest BCUT2D eigenvalue weighted by atomic mass is 79.9. The molecule has 0 aromatic heterocycles. The van der Waals surface area contributed by atoms with Crippen LogP contribution in [0.25, 0.3) is 0 Å². The molecule has 0 amide bonds. The lowest BCUT2D eigenvalue weighted by molar-refractivity contribution is -0.118. The number of halogens is 3. The summed E-state index contributed by atoms with van der Waals surface area (Å²) in [5.74, 6) is -0.302. The number of thioether (sulfide) groups is 1. The van der Waals surface area contributed by atoms with E-state index in [0.29, 0.717) is 39.4 Å². The van der Waals surface area contributed by atoms with Gasteiger partial charge in [-0.25, -0.2) is 4.39 Å². The van der Waals surface area contributed by atoms with Gasteiger partial charge in [-0.15, -0.1) is 11.8 Å². The first kappa shape index (κ1) is 29.4. The van der Waals surface area contributed by atoms with E-state index in [1.165, 1.54) is 6.07 Å². The summed E-state index contributed by atoms with van der Waals surface area (Å²) in [6, 6.07) is 19.0. The third kappa shape index (κ3) is 5.70. The molecule has 1 aliphatic carbocycles. The number of Topliss-reactive ketones (excluding diaryl/α,β-unsaturated/α-hetero) is 1. The van der Waals surface area contributed by atoms with E-state index in [-0.39, 0.29) is 28.3 Å². The summed E-state index contributed by atoms with van der Waals surface area (Å²) in [6.07, 6.45) is 0.853. The number of nitrogens with zero attached hydrogens (tertiary/aromatic N) is 2. The Hall–Kier alpha value is -3.05. The van der Waals surface area contributed by atoms with Crippen LogP contribution in [0.4, 0.5) is 10.1 Å². The number of benzene rings is 3. The van der Waals surface area contributed by atoms with Crippen molar-refractivity contribution in [2.75, 3.05) is 4.90 Å². The topological polar surface area (TPSA) is 70.1 Å². The average molecular weight is 651 g/mol. The molecule has 0 saturated heterocycles. The molecular weight excluding hydrogens is 621 g/mol. The molecule has 0 saturated carbocycles. The van der Waals surface area contributed by atoms with Crippen molar-refractivity contribution in [3.8, 4) is 6.07 Å². The van der Waals surface area contributed by atoms with E-state index in [9.17, 15) is 10.1 Å². The van der Waals surface area contributed by atoms with E-state index in [1.54, 1.807) is 28.8 Å². The van der Waals surface area contributed by atoms with Crippen molar-refractivity contribution in [3.05, 3.63) is 115 Å². The summed E-state index contributed by atoms with van der Waals surface area (Å²) >= 11 is 11.1. The number of hydrogen-bond donors (Lipinski definition) is 1. The Morgan fingerprint density at radius 3 is 2.51 bits per heavy atom. The molecule has 0 radical (unpaired) electrons. The second-order valence-electron chi connectivity index (χ2n) is 11.5. The highest BCUT2D eigenvalue weighted by Crippen LogP contribution is 2.51. The monoisotopic (exact) mass is 649 g/mol. The predicted molar refractivity (Wildman–Crippen MR) is 168 cm³/mol. The molecule has 4 nitrogen and oxygen atoms in total. The number of allylic oxidation sites excluding steroid dienone is 3. The SMILES string of the molecule is Cc1cc(CSc2ccc(Cl)cc2)c(C)c(C2C(C#N)=C(N)N(c3ccc(Br)cc3F)C3=C2C(=O)CC(C)(C)C3)c1. The number of nitrogens with two attached hydrogens (primary N) is 1. The van der Waals surface area contributed by atoms with Crippen molar-refractivity contribution >= 4 is 50.8 Å². The number of aryl methyl sites for hydroxylation is 1. The number of hydrogen-bond acceptors (Lipinski definition) is 5. The molecular formula is C33H30BrClFN3OS. The van der Waals surface area contributed by atoms with Gasteiger partial charge < -0.3 is 5.73 Å². The van der Waals surface area contributed by atoms with Crippen LogP contribution in [0.3, 0.4) is 0 Å². The number of nitriles is 1. The molecule has 210 valence electrons. The van der Waals surface area contributed by atoms with Crippen LogP contribution < -0.4 is 10.6 Å². The van der Waals surface area contributed by atoms with Crippen molar-refractivity contribution in [2.24, 2.45) is 11.1 Å². The number of anilines is 1. The van der Waals surface area contributed by atoms with Crippen molar-refractivity contribution < 1.29 is 9.18 Å². The molecule has 41 heavy (non-hydrogen) atoms. The number of carbonyl (C=O) groups excluding carboxylic acids is 1. The van der Waals surface area contributed by atoms with Gasteiger partial charge in [-0.05, 0) is 84.8 Å². The lowest BCUT2D eigenvalue weighted by Crippen LogP contribution is -2.42. The third-order valence-corrected chi connectivity index (χ3v) is 9.56. The Labute approximate surface area is 258 Å². The molecule has 1 heterocycles. The zero-order valence-corrected chi connectivity index (χ0v) is 26.5. The fourth-order valence-electron chi connectivity index (χ4n) is 5.86. The molecule has 1 aliphatic heterocycles. The van der Waals surface area contributed by atoms with Gasteiger partial charge in [-0.2, -0.15) is 5.26 Å². The third-order valence-electron chi connectivity index (χ3n) is 7.75. The molecule has 0 fully saturated rings. The molecule has 5 rings (SSSR count). The molecule has 0 spiro atoms. The second kappa shape index (κ2) is 11.3. The van der Waals surface area contributed by atoms with Gasteiger partial charge in [0.2, 0.25) is 0 Å². The fraction of sp³-hybridized carbons (Fsp3) is 0.273. The van der Waals surface area contributed by atoms with E-state index < -0.39 is 11.7 Å². The molecule has 2 N–H and O–H groups in total. The molecule has 1 atom stereocenters. The van der Waals surface area contributed by atoms with Gasteiger partial charge in [0.05, 0.1) is 23.2 Å². The van der Waals surface area contributed by atoms with E-state index in [4.69, 9.17) is 17.3 Å². The Morgan fingerprint density at radius 1 is 1.15 bits per heavy atom. The van der Waals surface area contributed by atoms with Crippen LogP contribution in [-0.4, -0.2) is 5.78 Å². The minimum absolute atomic E-state index is 0.0398. The van der Waals surface area contributed by atoms with Crippen molar-refractivity contribution in [3.63, 3.8) is 0 Å². The minimum Gasteiger partial charge on any atom is -0.384 e. The summed E-state index contributed by atoms with van der Waals surface area (Å²) in [4.78, 5) is 16.6. The van der Waals surface area contributed by atoms with E-state index in [1.807, 2.05) is 52.0 Å². The Bertz CT molecular complexity index is 1670. The Morgan fingerprint density at radius 2 is 1.85 bits per heavy atom. The molecule has 2 aliphatic rings. The van der Waals surface area contributed by atoms with Crippen LogP contribution in [0.2, 0.25) is 5.02 Å². The summed E-state index contributed by atoms with van der Waals surface area (Å²) in [5.41, 5.74) is 12.1. The Balaban J connectivity index is 1.68. The lowest BCUT2D eigenvalue weighted by Gasteiger charge is -2.44. The maximum absolute atomic E-state index is 15.4. The number of carbonyl (C=O) groups is 1. The van der Waals surface area contributed by atoms with Crippen molar-refractivity contribution in [1.82, 2.24) is 0 Å². The average Bonchev–Trinajstić information content (AvgIpc) is 2.89. The number of ketones is 1. The van der Waals surface area contributed by atoms with Crippen LogP contribution in [0.1, 0.15) is 54.9 Å². The van der Waals surface area contributed by atoms with Gasteiger partial charge in [0, 0.05) is 37.8 Å². The zero-order chi connectivity index (χ0) is 29.6. The maximum atomic E-state index is 15.4. The van der Waals surface area contributed by atoms with Crippen LogP contribution in [0.15, 0.2) is 86.6 Å². The smallest absolute Gasteiger partial charge is 0.162 e. The standard InChI is InChI=1S/C33H30BrClFN3OS/c1-18-11-20(17-41-23-8-6-22(35)7-9-23)19(2)24(12-18)30-25(16-37)32(38)39(27-10-5-21(34)13-26(27)36)28-14-33(3,4)15-29(40)31(28)30/h5-13,30H,14-15,17,38H2,1-4H3. The predicted octanol–water partition coefficient (Wildman–Crippen LogP) is 9.09. The van der Waals surface area contributed by atoms with Crippen LogP contribution in [0, 0.1) is 36.4 Å². The molecule has 3 aromatic carbocycles. The van der Waals surface area contributed by atoms with Crippen LogP contribution in [-0.2, 0) is 10.5 Å². The second-order valence-corrected chi connectivity index (χ2v) is 13.9. The minimum atomic E-state index is -0.632. The largest absolute Gasteiger partial charge is 0.384 e. The van der Waals surface area contributed by atoms with E-state index >= 15 is 4.39 Å². The molecule has 1 unspecified atom stereocenters. The van der Waals surface area contributed by atoms with Crippen molar-refractivity contribution in [1.29, 1.82) is 5.26 Å². The first-order chi connectivity index (χ1) is 19.4. The van der Waals surface area contributed by atoms with Gasteiger partial charge >= 0.3 is 0 Å². The number of rotatable bonds is 5. The van der Waals surface area contributed by atoms with Crippen molar-refractivity contribution in [2.45, 2.75) is 57.1 Å². The first-order valence-corrected chi connectivity index (χ1v) is 15.5. The quantitative estimate of drug-likeness (QED) is 0.279. The lowest BCUT2D eigenvalue weighted by atomic mass is 9.68. The van der Waals surface area contributed by atoms with E-state index in [2.05, 4.69) is 34.1 Å².